The summed E-state index contributed by atoms with van der Waals surface area (Å²) in [5, 5.41) is 3.27. The lowest BCUT2D eigenvalue weighted by Gasteiger charge is -2.18. The fraction of sp³-hybridized carbons (Fsp3) is 0.522. The molecule has 0 fully saturated rings. The molecule has 1 atom stereocenters. The maximum Gasteiger partial charge on any atom is 0.348 e. The number of rotatable bonds is 6. The van der Waals surface area contributed by atoms with Crippen LogP contribution in [0.5, 0.6) is 0 Å². The van der Waals surface area contributed by atoms with Crippen molar-refractivity contribution < 1.29 is 23.9 Å². The SMILES string of the molecule is CCOC(=O)c1c(NC(=O)COC(=O)c2cc3c(s2)CCCC3)sc2c1CC[C@@H](C)C2. The molecule has 2 aliphatic carbocycles. The number of carbonyl (C=O) groups excluding carboxylic acids is 3. The Morgan fingerprint density at radius 2 is 1.87 bits per heavy atom. The van der Waals surface area contributed by atoms with Crippen molar-refractivity contribution in [3.63, 3.8) is 0 Å². The molecule has 2 aromatic rings. The van der Waals surface area contributed by atoms with Crippen LogP contribution in [-0.2, 0) is 40.0 Å². The molecule has 31 heavy (non-hydrogen) atoms. The Morgan fingerprint density at radius 1 is 1.06 bits per heavy atom. The first kappa shape index (κ1) is 22.0. The van der Waals surface area contributed by atoms with Gasteiger partial charge in [0, 0.05) is 9.75 Å². The van der Waals surface area contributed by atoms with Gasteiger partial charge in [-0.25, -0.2) is 9.59 Å². The Bertz CT molecular complexity index is 983. The second-order valence-electron chi connectivity index (χ2n) is 8.17. The molecule has 0 aliphatic heterocycles. The van der Waals surface area contributed by atoms with Gasteiger partial charge in [-0.15, -0.1) is 22.7 Å². The van der Waals surface area contributed by atoms with Crippen LogP contribution in [0.25, 0.3) is 0 Å². The molecule has 0 unspecified atom stereocenters. The van der Waals surface area contributed by atoms with Crippen molar-refractivity contribution in [1.29, 1.82) is 0 Å². The van der Waals surface area contributed by atoms with Crippen molar-refractivity contribution in [2.24, 2.45) is 5.92 Å². The molecule has 8 heteroatoms. The lowest BCUT2D eigenvalue weighted by atomic mass is 9.88. The molecule has 6 nitrogen and oxygen atoms in total. The molecule has 166 valence electrons. The number of anilines is 1. The standard InChI is InChI=1S/C23H27NO5S2/c1-3-28-23(27)20-15-9-8-13(2)10-17(15)31-21(20)24-19(25)12-29-22(26)18-11-14-6-4-5-7-16(14)30-18/h11,13H,3-10,12H2,1-2H3,(H,24,25)/t13-/m1/s1. The smallest absolute Gasteiger partial charge is 0.348 e. The van der Waals surface area contributed by atoms with Gasteiger partial charge >= 0.3 is 11.9 Å². The van der Waals surface area contributed by atoms with Crippen LogP contribution in [0.15, 0.2) is 6.07 Å². The minimum atomic E-state index is -0.473. The van der Waals surface area contributed by atoms with Crippen molar-refractivity contribution in [1.82, 2.24) is 0 Å². The highest BCUT2D eigenvalue weighted by Gasteiger charge is 2.29. The van der Waals surface area contributed by atoms with Crippen molar-refractivity contribution in [2.75, 3.05) is 18.5 Å². The zero-order chi connectivity index (χ0) is 22.0. The fourth-order valence-electron chi connectivity index (χ4n) is 4.21. The highest BCUT2D eigenvalue weighted by Crippen LogP contribution is 2.40. The van der Waals surface area contributed by atoms with Gasteiger partial charge in [0.2, 0.25) is 0 Å². The van der Waals surface area contributed by atoms with E-state index < -0.39 is 17.8 Å². The first-order chi connectivity index (χ1) is 15.0. The van der Waals surface area contributed by atoms with Crippen LogP contribution in [0.2, 0.25) is 0 Å². The predicted octanol–water partition coefficient (Wildman–Crippen LogP) is 4.79. The van der Waals surface area contributed by atoms with E-state index >= 15 is 0 Å². The molecule has 0 aromatic carbocycles. The van der Waals surface area contributed by atoms with E-state index in [2.05, 4.69) is 12.2 Å². The molecule has 1 amide bonds. The molecular formula is C23H27NO5S2. The second-order valence-corrected chi connectivity index (χ2v) is 10.4. The fourth-order valence-corrected chi connectivity index (χ4v) is 6.78. The van der Waals surface area contributed by atoms with E-state index in [1.807, 2.05) is 6.07 Å². The van der Waals surface area contributed by atoms with E-state index in [-0.39, 0.29) is 13.2 Å². The summed E-state index contributed by atoms with van der Waals surface area (Å²) in [5.74, 6) is -0.792. The van der Waals surface area contributed by atoms with Crippen LogP contribution in [0.1, 0.15) is 74.0 Å². The quantitative estimate of drug-likeness (QED) is 0.626. The average Bonchev–Trinajstić information content (AvgIpc) is 3.33. The maximum absolute atomic E-state index is 12.6. The van der Waals surface area contributed by atoms with Gasteiger partial charge in [0.25, 0.3) is 5.91 Å². The topological polar surface area (TPSA) is 81.7 Å². The summed E-state index contributed by atoms with van der Waals surface area (Å²) >= 11 is 2.89. The molecule has 0 saturated carbocycles. The number of hydrogen-bond acceptors (Lipinski definition) is 7. The maximum atomic E-state index is 12.6. The van der Waals surface area contributed by atoms with Crippen LogP contribution >= 0.6 is 22.7 Å². The summed E-state index contributed by atoms with van der Waals surface area (Å²) in [6.45, 7) is 3.84. The number of esters is 2. The number of nitrogens with one attached hydrogen (secondary N) is 1. The molecular weight excluding hydrogens is 434 g/mol. The molecule has 2 heterocycles. The number of hydrogen-bond donors (Lipinski definition) is 1. The predicted molar refractivity (Wildman–Crippen MR) is 121 cm³/mol. The number of ether oxygens (including phenoxy) is 2. The normalized spacial score (nSPS) is 17.4. The highest BCUT2D eigenvalue weighted by molar-refractivity contribution is 7.17. The van der Waals surface area contributed by atoms with Gasteiger partial charge in [-0.05, 0) is 75.0 Å². The minimum Gasteiger partial charge on any atom is -0.462 e. The number of thiophene rings is 2. The number of aryl methyl sites for hydroxylation is 2. The van der Waals surface area contributed by atoms with Gasteiger partial charge in [-0.3, -0.25) is 4.79 Å². The van der Waals surface area contributed by atoms with E-state index in [9.17, 15) is 14.4 Å². The highest BCUT2D eigenvalue weighted by atomic mass is 32.1. The molecule has 0 saturated heterocycles. The molecule has 0 radical (unpaired) electrons. The van der Waals surface area contributed by atoms with Crippen LogP contribution in [-0.4, -0.2) is 31.1 Å². The Morgan fingerprint density at radius 3 is 2.65 bits per heavy atom. The zero-order valence-electron chi connectivity index (χ0n) is 17.9. The third kappa shape index (κ3) is 4.85. The van der Waals surface area contributed by atoms with Crippen molar-refractivity contribution in [3.8, 4) is 0 Å². The number of carbonyl (C=O) groups is 3. The van der Waals surface area contributed by atoms with Crippen LogP contribution < -0.4 is 5.32 Å². The van der Waals surface area contributed by atoms with Crippen LogP contribution in [0, 0.1) is 5.92 Å². The van der Waals surface area contributed by atoms with E-state index in [0.29, 0.717) is 21.4 Å². The Balaban J connectivity index is 1.42. The van der Waals surface area contributed by atoms with Gasteiger partial charge in [0.05, 0.1) is 12.2 Å². The van der Waals surface area contributed by atoms with Gasteiger partial charge in [-0.2, -0.15) is 0 Å². The first-order valence-corrected chi connectivity index (χ1v) is 12.5. The molecule has 2 aliphatic rings. The van der Waals surface area contributed by atoms with Crippen molar-refractivity contribution >= 4 is 45.5 Å². The molecule has 0 spiro atoms. The summed E-state index contributed by atoms with van der Waals surface area (Å²) in [4.78, 5) is 40.4. The molecule has 1 N–H and O–H groups in total. The molecule has 2 aromatic heterocycles. The van der Waals surface area contributed by atoms with Gasteiger partial charge in [0.15, 0.2) is 6.61 Å². The van der Waals surface area contributed by atoms with E-state index in [4.69, 9.17) is 9.47 Å². The number of amides is 1. The summed E-state index contributed by atoms with van der Waals surface area (Å²) in [6, 6.07) is 1.90. The van der Waals surface area contributed by atoms with Gasteiger partial charge < -0.3 is 14.8 Å². The van der Waals surface area contributed by atoms with Gasteiger partial charge in [-0.1, -0.05) is 6.92 Å². The summed E-state index contributed by atoms with van der Waals surface area (Å²) < 4.78 is 10.5. The van der Waals surface area contributed by atoms with E-state index in [1.165, 1.54) is 33.1 Å². The van der Waals surface area contributed by atoms with E-state index in [0.717, 1.165) is 55.4 Å². The summed E-state index contributed by atoms with van der Waals surface area (Å²) in [7, 11) is 0. The monoisotopic (exact) mass is 461 g/mol. The first-order valence-electron chi connectivity index (χ1n) is 10.9. The lowest BCUT2D eigenvalue weighted by Crippen LogP contribution is -2.21. The average molecular weight is 462 g/mol. The Hall–Kier alpha value is -2.19. The summed E-state index contributed by atoms with van der Waals surface area (Å²) in [5.41, 5.74) is 2.67. The van der Waals surface area contributed by atoms with Gasteiger partial charge in [0.1, 0.15) is 9.88 Å². The van der Waals surface area contributed by atoms with Crippen molar-refractivity contribution in [2.45, 2.75) is 58.8 Å². The lowest BCUT2D eigenvalue weighted by molar-refractivity contribution is -0.119. The largest absolute Gasteiger partial charge is 0.462 e. The third-order valence-electron chi connectivity index (χ3n) is 5.78. The Kier molecular flexibility index (Phi) is 6.77. The third-order valence-corrected chi connectivity index (χ3v) is 8.16. The number of fused-ring (bicyclic) bond motifs is 2. The molecule has 4 rings (SSSR count). The summed E-state index contributed by atoms with van der Waals surface area (Å²) in [6.07, 6.45) is 7.00. The van der Waals surface area contributed by atoms with E-state index in [1.54, 1.807) is 6.92 Å². The minimum absolute atomic E-state index is 0.273. The van der Waals surface area contributed by atoms with Crippen LogP contribution in [0.4, 0.5) is 5.00 Å². The molecule has 0 bridgehead atoms. The van der Waals surface area contributed by atoms with Crippen LogP contribution in [0.3, 0.4) is 0 Å². The zero-order valence-corrected chi connectivity index (χ0v) is 19.5. The van der Waals surface area contributed by atoms with Crippen molar-refractivity contribution in [3.05, 3.63) is 37.4 Å². The second kappa shape index (κ2) is 9.53. The Labute approximate surface area is 189 Å².